The van der Waals surface area contributed by atoms with E-state index in [0.29, 0.717) is 6.61 Å². The molecule has 2 unspecified atom stereocenters. The normalized spacial score (nSPS) is 28.0. The van der Waals surface area contributed by atoms with Crippen LogP contribution < -0.4 is 0 Å². The van der Waals surface area contributed by atoms with Crippen molar-refractivity contribution in [1.29, 1.82) is 0 Å². The Balaban J connectivity index is 2.30. The molecule has 78 valence electrons. The van der Waals surface area contributed by atoms with Crippen LogP contribution in [0.3, 0.4) is 0 Å². The maximum atomic E-state index is 5.75. The van der Waals surface area contributed by atoms with Gasteiger partial charge in [-0.15, -0.1) is 0 Å². The van der Waals surface area contributed by atoms with Crippen LogP contribution in [-0.4, -0.2) is 12.7 Å². The van der Waals surface area contributed by atoms with Gasteiger partial charge < -0.3 is 9.47 Å². The number of rotatable bonds is 0. The highest BCUT2D eigenvalue weighted by atomic mass is 16.7. The van der Waals surface area contributed by atoms with Crippen LogP contribution in [0.25, 0.3) is 5.57 Å². The van der Waals surface area contributed by atoms with Crippen molar-refractivity contribution in [1.82, 2.24) is 0 Å². The van der Waals surface area contributed by atoms with Crippen molar-refractivity contribution >= 4 is 5.57 Å². The first-order valence-corrected chi connectivity index (χ1v) is 5.25. The van der Waals surface area contributed by atoms with E-state index in [0.717, 1.165) is 5.57 Å². The van der Waals surface area contributed by atoms with E-state index in [2.05, 4.69) is 32.6 Å². The molecule has 0 saturated carbocycles. The summed E-state index contributed by atoms with van der Waals surface area (Å²) in [5, 5.41) is 0. The highest BCUT2D eigenvalue weighted by Crippen LogP contribution is 2.44. The third-order valence-electron chi connectivity index (χ3n) is 3.30. The van der Waals surface area contributed by atoms with Crippen molar-refractivity contribution in [3.63, 3.8) is 0 Å². The van der Waals surface area contributed by atoms with Crippen LogP contribution in [0.15, 0.2) is 18.7 Å². The van der Waals surface area contributed by atoms with Crippen molar-refractivity contribution in [2.45, 2.75) is 26.2 Å². The SMILES string of the molecule is C=C1c2c(C)ccc(C)c2C2OCC1O2. The van der Waals surface area contributed by atoms with E-state index in [-0.39, 0.29) is 12.4 Å². The Bertz CT molecular complexity index is 448. The summed E-state index contributed by atoms with van der Waals surface area (Å²) in [6.07, 6.45) is -0.113. The van der Waals surface area contributed by atoms with Gasteiger partial charge in [0.25, 0.3) is 0 Å². The van der Waals surface area contributed by atoms with Crippen molar-refractivity contribution in [3.05, 3.63) is 41.0 Å². The molecule has 1 fully saturated rings. The van der Waals surface area contributed by atoms with E-state index in [4.69, 9.17) is 9.47 Å². The molecule has 2 heteroatoms. The lowest BCUT2D eigenvalue weighted by molar-refractivity contribution is -0.0563. The molecule has 2 nitrogen and oxygen atoms in total. The summed E-state index contributed by atoms with van der Waals surface area (Å²) in [6, 6.07) is 4.26. The number of hydrogen-bond donors (Lipinski definition) is 0. The van der Waals surface area contributed by atoms with Crippen molar-refractivity contribution in [2.24, 2.45) is 0 Å². The summed E-state index contributed by atoms with van der Waals surface area (Å²) in [4.78, 5) is 0. The average Bonchev–Trinajstić information content (AvgIpc) is 2.64. The molecule has 1 aromatic carbocycles. The second kappa shape index (κ2) is 2.94. The van der Waals surface area contributed by atoms with Crippen molar-refractivity contribution in [3.8, 4) is 0 Å². The van der Waals surface area contributed by atoms with Crippen LogP contribution in [-0.2, 0) is 9.47 Å². The van der Waals surface area contributed by atoms with E-state index in [1.807, 2.05) is 0 Å². The lowest BCUT2D eigenvalue weighted by Gasteiger charge is -2.27. The molecule has 2 bridgehead atoms. The fraction of sp³-hybridized carbons (Fsp3) is 0.385. The van der Waals surface area contributed by atoms with Gasteiger partial charge in [-0.3, -0.25) is 0 Å². The second-order valence-electron chi connectivity index (χ2n) is 4.30. The van der Waals surface area contributed by atoms with Gasteiger partial charge in [-0.25, -0.2) is 0 Å². The molecule has 2 aliphatic rings. The smallest absolute Gasteiger partial charge is 0.185 e. The summed E-state index contributed by atoms with van der Waals surface area (Å²) < 4.78 is 11.4. The van der Waals surface area contributed by atoms with E-state index in [9.17, 15) is 0 Å². The molecular formula is C13H14O2. The first kappa shape index (κ1) is 9.13. The average molecular weight is 202 g/mol. The minimum Gasteiger partial charge on any atom is -0.345 e. The minimum absolute atomic E-state index is 0.0583. The topological polar surface area (TPSA) is 18.5 Å². The van der Waals surface area contributed by atoms with Crippen LogP contribution in [0.5, 0.6) is 0 Å². The zero-order valence-electron chi connectivity index (χ0n) is 9.04. The largest absolute Gasteiger partial charge is 0.345 e. The molecule has 0 spiro atoms. The Morgan fingerprint density at radius 3 is 2.80 bits per heavy atom. The fourth-order valence-corrected chi connectivity index (χ4v) is 2.46. The zero-order valence-corrected chi connectivity index (χ0v) is 9.04. The molecule has 2 atom stereocenters. The fourth-order valence-electron chi connectivity index (χ4n) is 2.46. The van der Waals surface area contributed by atoms with Gasteiger partial charge in [-0.05, 0) is 36.1 Å². The number of benzene rings is 1. The van der Waals surface area contributed by atoms with E-state index < -0.39 is 0 Å². The molecule has 0 N–H and O–H groups in total. The molecule has 1 aromatic rings. The van der Waals surface area contributed by atoms with E-state index >= 15 is 0 Å². The van der Waals surface area contributed by atoms with Gasteiger partial charge in [0, 0.05) is 5.56 Å². The summed E-state index contributed by atoms with van der Waals surface area (Å²) in [5.74, 6) is 0. The molecule has 1 saturated heterocycles. The zero-order chi connectivity index (χ0) is 10.6. The van der Waals surface area contributed by atoms with Crippen LogP contribution in [0, 0.1) is 13.8 Å². The molecule has 0 radical (unpaired) electrons. The highest BCUT2D eigenvalue weighted by Gasteiger charge is 2.38. The van der Waals surface area contributed by atoms with Gasteiger partial charge in [0.15, 0.2) is 6.29 Å². The van der Waals surface area contributed by atoms with Crippen LogP contribution in [0.2, 0.25) is 0 Å². The van der Waals surface area contributed by atoms with Crippen LogP contribution >= 0.6 is 0 Å². The minimum atomic E-state index is -0.171. The molecule has 0 aromatic heterocycles. The highest BCUT2D eigenvalue weighted by molar-refractivity contribution is 5.75. The van der Waals surface area contributed by atoms with Gasteiger partial charge in [-0.2, -0.15) is 0 Å². The molecule has 2 heterocycles. The molecule has 3 rings (SSSR count). The maximum Gasteiger partial charge on any atom is 0.185 e. The molecule has 0 amide bonds. The van der Waals surface area contributed by atoms with Gasteiger partial charge in [0.05, 0.1) is 6.61 Å². The van der Waals surface area contributed by atoms with E-state index in [1.54, 1.807) is 0 Å². The number of aryl methyl sites for hydroxylation is 2. The van der Waals surface area contributed by atoms with Crippen molar-refractivity contribution < 1.29 is 9.47 Å². The number of fused-ring (bicyclic) bond motifs is 4. The third-order valence-corrected chi connectivity index (χ3v) is 3.30. The molecular weight excluding hydrogens is 188 g/mol. The third kappa shape index (κ3) is 1.12. The lowest BCUT2D eigenvalue weighted by atomic mass is 9.88. The molecule has 2 aliphatic heterocycles. The number of hydrogen-bond acceptors (Lipinski definition) is 2. The van der Waals surface area contributed by atoms with Gasteiger partial charge >= 0.3 is 0 Å². The quantitative estimate of drug-likeness (QED) is 0.644. The first-order valence-electron chi connectivity index (χ1n) is 5.25. The first-order chi connectivity index (χ1) is 7.18. The Labute approximate surface area is 89.5 Å². The molecule has 0 aliphatic carbocycles. The second-order valence-corrected chi connectivity index (χ2v) is 4.30. The lowest BCUT2D eigenvalue weighted by Crippen LogP contribution is -2.19. The summed E-state index contributed by atoms with van der Waals surface area (Å²) in [6.45, 7) is 8.98. The maximum absolute atomic E-state index is 5.75. The molecule has 15 heavy (non-hydrogen) atoms. The predicted molar refractivity (Wildman–Crippen MR) is 58.5 cm³/mol. The summed E-state index contributed by atoms with van der Waals surface area (Å²) >= 11 is 0. The predicted octanol–water partition coefficient (Wildman–Crippen LogP) is 2.74. The summed E-state index contributed by atoms with van der Waals surface area (Å²) in [5.41, 5.74) is 5.99. The Kier molecular flexibility index (Phi) is 1.79. The van der Waals surface area contributed by atoms with Gasteiger partial charge in [0.1, 0.15) is 6.10 Å². The monoisotopic (exact) mass is 202 g/mol. The van der Waals surface area contributed by atoms with Crippen LogP contribution in [0.1, 0.15) is 28.5 Å². The standard InChI is InChI=1S/C13H14O2/c1-7-4-5-8(2)12-11(7)9(3)10-6-14-13(12)15-10/h4-5,10,13H,3,6H2,1-2H3. The van der Waals surface area contributed by atoms with Gasteiger partial charge in [0.2, 0.25) is 0 Å². The van der Waals surface area contributed by atoms with Crippen LogP contribution in [0.4, 0.5) is 0 Å². The van der Waals surface area contributed by atoms with Crippen molar-refractivity contribution in [2.75, 3.05) is 6.61 Å². The van der Waals surface area contributed by atoms with Gasteiger partial charge in [-0.1, -0.05) is 18.7 Å². The summed E-state index contributed by atoms with van der Waals surface area (Å²) in [7, 11) is 0. The number of ether oxygens (including phenoxy) is 2. The Hall–Kier alpha value is -1.12. The van der Waals surface area contributed by atoms with E-state index in [1.165, 1.54) is 22.3 Å². The Morgan fingerprint density at radius 1 is 1.27 bits per heavy atom. The Morgan fingerprint density at radius 2 is 2.00 bits per heavy atom.